The number of esters is 1. The minimum absolute atomic E-state index is 0.0646. The Hall–Kier alpha value is -2.35. The summed E-state index contributed by atoms with van der Waals surface area (Å²) in [4.78, 5) is 27.2. The highest BCUT2D eigenvalue weighted by Crippen LogP contribution is 2.41. The molecule has 0 atom stereocenters. The molecule has 0 unspecified atom stereocenters. The molecular weight excluding hydrogens is 373 g/mol. The van der Waals surface area contributed by atoms with Crippen LogP contribution in [0.25, 0.3) is 0 Å². The fraction of sp³-hybridized carbons (Fsp3) is 0.500. The molecule has 2 aliphatic heterocycles. The number of carbonyl (C=O) groups is 2. The van der Waals surface area contributed by atoms with Crippen molar-refractivity contribution in [2.24, 2.45) is 0 Å². The summed E-state index contributed by atoms with van der Waals surface area (Å²) in [6.07, 6.45) is -3.39. The van der Waals surface area contributed by atoms with Gasteiger partial charge in [-0.1, -0.05) is 19.1 Å². The van der Waals surface area contributed by atoms with E-state index in [-0.39, 0.29) is 12.1 Å². The largest absolute Gasteiger partial charge is 0.450 e. The van der Waals surface area contributed by atoms with E-state index in [1.165, 1.54) is 12.1 Å². The van der Waals surface area contributed by atoms with Crippen molar-refractivity contribution in [1.29, 1.82) is 0 Å². The topological polar surface area (TPSA) is 58.6 Å². The predicted molar refractivity (Wildman–Crippen MR) is 96.2 cm³/mol. The molecule has 1 N–H and O–H groups in total. The first-order valence-electron chi connectivity index (χ1n) is 9.27. The molecule has 0 aromatic heterocycles. The van der Waals surface area contributed by atoms with Gasteiger partial charge in [-0.3, -0.25) is 4.79 Å². The second kappa shape index (κ2) is 7.58. The monoisotopic (exact) mass is 396 g/mol. The first kappa shape index (κ1) is 20.4. The lowest BCUT2D eigenvalue weighted by molar-refractivity contribution is -0.150. The normalized spacial score (nSPS) is 19.8. The molecule has 1 fully saturated rings. The fourth-order valence-electron chi connectivity index (χ4n) is 3.84. The molecule has 0 bridgehead atoms. The number of ether oxygens (including phenoxy) is 1. The minimum Gasteiger partial charge on any atom is -0.450 e. The molecule has 2 aliphatic rings. The van der Waals surface area contributed by atoms with Gasteiger partial charge < -0.3 is 15.0 Å². The smallest absolute Gasteiger partial charge is 0.416 e. The molecule has 0 radical (unpaired) electrons. The average molecular weight is 396 g/mol. The van der Waals surface area contributed by atoms with Crippen LogP contribution in [0.5, 0.6) is 0 Å². The summed E-state index contributed by atoms with van der Waals surface area (Å²) in [6, 6.07) is 4.81. The van der Waals surface area contributed by atoms with E-state index in [4.69, 9.17) is 4.74 Å². The van der Waals surface area contributed by atoms with Gasteiger partial charge in [-0.05, 0) is 31.2 Å². The molecule has 2 heterocycles. The number of piperidine rings is 1. The fourth-order valence-corrected chi connectivity index (χ4v) is 3.84. The summed E-state index contributed by atoms with van der Waals surface area (Å²) in [6.45, 7) is 5.84. The summed E-state index contributed by atoms with van der Waals surface area (Å²) < 4.78 is 44.2. The van der Waals surface area contributed by atoms with Crippen molar-refractivity contribution >= 4 is 11.9 Å². The molecule has 28 heavy (non-hydrogen) atoms. The van der Waals surface area contributed by atoms with Crippen molar-refractivity contribution in [3.05, 3.63) is 46.5 Å². The number of alkyl halides is 3. The third-order valence-corrected chi connectivity index (χ3v) is 5.47. The van der Waals surface area contributed by atoms with Crippen molar-refractivity contribution in [3.63, 3.8) is 0 Å². The van der Waals surface area contributed by atoms with Gasteiger partial charge in [0.1, 0.15) is 5.60 Å². The van der Waals surface area contributed by atoms with Gasteiger partial charge in [0.2, 0.25) is 0 Å². The first-order valence-corrected chi connectivity index (χ1v) is 9.27. The highest BCUT2D eigenvalue weighted by atomic mass is 19.4. The summed E-state index contributed by atoms with van der Waals surface area (Å²) in [5, 5.41) is 2.66. The van der Waals surface area contributed by atoms with Gasteiger partial charge in [-0.25, -0.2) is 4.79 Å². The van der Waals surface area contributed by atoms with Gasteiger partial charge in [-0.2, -0.15) is 13.2 Å². The molecule has 0 saturated carbocycles. The van der Waals surface area contributed by atoms with E-state index in [9.17, 15) is 22.8 Å². The van der Waals surface area contributed by atoms with Crippen LogP contribution < -0.4 is 5.32 Å². The quantitative estimate of drug-likeness (QED) is 0.795. The Morgan fingerprint density at radius 3 is 2.57 bits per heavy atom. The molecule has 3 rings (SSSR count). The molecular formula is C20H23F3N2O3. The van der Waals surface area contributed by atoms with Crippen molar-refractivity contribution in [2.45, 2.75) is 45.0 Å². The van der Waals surface area contributed by atoms with E-state index in [0.717, 1.165) is 18.7 Å². The highest BCUT2D eigenvalue weighted by Gasteiger charge is 2.50. The van der Waals surface area contributed by atoms with Gasteiger partial charge in [0.25, 0.3) is 5.91 Å². The Bertz CT molecular complexity index is 809. The number of nitrogens with zero attached hydrogens (tertiary/aromatic N) is 1. The number of likely N-dealkylation sites (tertiary alicyclic amines) is 1. The summed E-state index contributed by atoms with van der Waals surface area (Å²) in [5.74, 6) is -0.972. The maximum absolute atomic E-state index is 12.9. The second-order valence-electron chi connectivity index (χ2n) is 7.20. The summed E-state index contributed by atoms with van der Waals surface area (Å²) in [7, 11) is 0. The van der Waals surface area contributed by atoms with E-state index in [0.29, 0.717) is 37.1 Å². The van der Waals surface area contributed by atoms with Crippen LogP contribution in [0.1, 0.15) is 37.8 Å². The Morgan fingerprint density at radius 2 is 1.96 bits per heavy atom. The maximum atomic E-state index is 12.9. The van der Waals surface area contributed by atoms with Crippen LogP contribution in [0.15, 0.2) is 35.4 Å². The lowest BCUT2D eigenvalue weighted by atomic mass is 9.82. The zero-order valence-electron chi connectivity index (χ0n) is 15.9. The molecule has 8 heteroatoms. The van der Waals surface area contributed by atoms with E-state index >= 15 is 0 Å². The predicted octanol–water partition coefficient (Wildman–Crippen LogP) is 3.05. The van der Waals surface area contributed by atoms with Crippen LogP contribution in [0, 0.1) is 0 Å². The first-order chi connectivity index (χ1) is 13.2. The third kappa shape index (κ3) is 3.92. The number of benzene rings is 1. The number of hydrogen-bond acceptors (Lipinski definition) is 4. The van der Waals surface area contributed by atoms with Gasteiger partial charge in [-0.15, -0.1) is 0 Å². The molecule has 1 amide bonds. The number of carbonyl (C=O) groups excluding carboxylic acids is 2. The van der Waals surface area contributed by atoms with Gasteiger partial charge >= 0.3 is 12.1 Å². The standard InChI is InChI=1S/C20H23F3N2O3/c1-3-25-9-7-19(8-10-25)16(13(2)18(27)28-19)17(26)24-12-14-5-4-6-15(11-14)20(21,22)23/h4-6,11H,3,7-10,12H2,1-2H3,(H,24,26). The van der Waals surface area contributed by atoms with Crippen LogP contribution in [-0.4, -0.2) is 42.0 Å². The highest BCUT2D eigenvalue weighted by molar-refractivity contribution is 6.07. The second-order valence-corrected chi connectivity index (χ2v) is 7.20. The van der Waals surface area contributed by atoms with Crippen LogP contribution >= 0.6 is 0 Å². The Labute approximate surface area is 161 Å². The van der Waals surface area contributed by atoms with E-state index in [1.54, 1.807) is 6.92 Å². The lowest BCUT2D eigenvalue weighted by Crippen LogP contribution is -2.48. The van der Waals surface area contributed by atoms with Gasteiger partial charge in [0.15, 0.2) is 0 Å². The van der Waals surface area contributed by atoms with Crippen LogP contribution in [0.2, 0.25) is 0 Å². The van der Waals surface area contributed by atoms with Crippen LogP contribution in [0.4, 0.5) is 13.2 Å². The van der Waals surface area contributed by atoms with Crippen molar-refractivity contribution < 1.29 is 27.5 Å². The van der Waals surface area contributed by atoms with E-state index in [2.05, 4.69) is 10.2 Å². The zero-order valence-corrected chi connectivity index (χ0v) is 15.9. The van der Waals surface area contributed by atoms with Gasteiger partial charge in [0.05, 0.1) is 11.1 Å². The van der Waals surface area contributed by atoms with Crippen molar-refractivity contribution in [3.8, 4) is 0 Å². The van der Waals surface area contributed by atoms with E-state index in [1.807, 2.05) is 6.92 Å². The maximum Gasteiger partial charge on any atom is 0.416 e. The zero-order chi connectivity index (χ0) is 20.5. The average Bonchev–Trinajstić information content (AvgIpc) is 2.90. The summed E-state index contributed by atoms with van der Waals surface area (Å²) in [5.41, 5.74) is -0.796. The molecule has 1 spiro atoms. The molecule has 1 aromatic rings. The number of nitrogens with one attached hydrogen (secondary N) is 1. The van der Waals surface area contributed by atoms with Gasteiger partial charge in [0, 0.05) is 38.0 Å². The lowest BCUT2D eigenvalue weighted by Gasteiger charge is -2.39. The van der Waals surface area contributed by atoms with E-state index < -0.39 is 29.2 Å². The SMILES string of the molecule is CCN1CCC2(CC1)OC(=O)C(C)=C2C(=O)NCc1cccc(C(F)(F)F)c1. The van der Waals surface area contributed by atoms with Crippen LogP contribution in [0.3, 0.4) is 0 Å². The summed E-state index contributed by atoms with van der Waals surface area (Å²) >= 11 is 0. The molecule has 1 aromatic carbocycles. The van der Waals surface area contributed by atoms with Crippen LogP contribution in [-0.2, 0) is 27.0 Å². The van der Waals surface area contributed by atoms with Crippen molar-refractivity contribution in [1.82, 2.24) is 10.2 Å². The molecule has 1 saturated heterocycles. The Kier molecular flexibility index (Phi) is 5.52. The number of rotatable bonds is 4. The number of hydrogen-bond donors (Lipinski definition) is 1. The third-order valence-electron chi connectivity index (χ3n) is 5.47. The molecule has 0 aliphatic carbocycles. The molecule has 5 nitrogen and oxygen atoms in total. The number of amides is 1. The minimum atomic E-state index is -4.44. The Morgan fingerprint density at radius 1 is 1.29 bits per heavy atom. The number of halogens is 3. The van der Waals surface area contributed by atoms with Crippen molar-refractivity contribution in [2.75, 3.05) is 19.6 Å². The Balaban J connectivity index is 1.75. The molecule has 152 valence electrons.